The van der Waals surface area contributed by atoms with Crippen LogP contribution in [0.4, 0.5) is 0 Å². The molecule has 7 heteroatoms. The van der Waals surface area contributed by atoms with E-state index in [0.29, 0.717) is 48.6 Å². The Morgan fingerprint density at radius 2 is 1.58 bits per heavy atom. The van der Waals surface area contributed by atoms with Gasteiger partial charge in [-0.3, -0.25) is 14.4 Å². The summed E-state index contributed by atoms with van der Waals surface area (Å²) in [6, 6.07) is 14.7. The highest BCUT2D eigenvalue weighted by Gasteiger charge is 2.42. The standard InChI is InChI=1S/C29H34ClNO5/c30-23-11-9-22(10-12-23)29(17-1-2-18-29)28(35)31-19-3-4-26(32)20-5-13-24(14-6-20)36-25-15-7-21(8-16-25)27(33)34/h5-6,9-14,21,25H,1-4,7-8,15-19H2,(H,31,35)(H,33,34). The fourth-order valence-corrected chi connectivity index (χ4v) is 5.62. The molecule has 0 aromatic heterocycles. The molecule has 0 saturated heterocycles. The lowest BCUT2D eigenvalue weighted by Crippen LogP contribution is -2.43. The fourth-order valence-electron chi connectivity index (χ4n) is 5.50. The van der Waals surface area contributed by atoms with Gasteiger partial charge >= 0.3 is 5.97 Å². The number of rotatable bonds is 10. The first kappa shape index (κ1) is 26.2. The molecule has 36 heavy (non-hydrogen) atoms. The van der Waals surface area contributed by atoms with Gasteiger partial charge in [0.15, 0.2) is 5.78 Å². The zero-order valence-electron chi connectivity index (χ0n) is 20.5. The third-order valence-electron chi connectivity index (χ3n) is 7.66. The predicted molar refractivity (Wildman–Crippen MR) is 139 cm³/mol. The number of benzene rings is 2. The molecule has 2 aliphatic carbocycles. The molecule has 2 fully saturated rings. The van der Waals surface area contributed by atoms with Crippen LogP contribution in [-0.2, 0) is 15.0 Å². The maximum absolute atomic E-state index is 13.1. The number of hydrogen-bond acceptors (Lipinski definition) is 4. The highest BCUT2D eigenvalue weighted by molar-refractivity contribution is 6.30. The van der Waals surface area contributed by atoms with Gasteiger partial charge in [0.05, 0.1) is 17.4 Å². The predicted octanol–water partition coefficient (Wildman–Crippen LogP) is 5.95. The largest absolute Gasteiger partial charge is 0.490 e. The third-order valence-corrected chi connectivity index (χ3v) is 7.91. The molecule has 0 atom stereocenters. The summed E-state index contributed by atoms with van der Waals surface area (Å²) in [5.41, 5.74) is 1.13. The number of carboxylic acid groups (broad SMARTS) is 1. The number of hydrogen-bond donors (Lipinski definition) is 2. The highest BCUT2D eigenvalue weighted by atomic mass is 35.5. The topological polar surface area (TPSA) is 92.7 Å². The zero-order valence-corrected chi connectivity index (χ0v) is 21.3. The second kappa shape index (κ2) is 11.9. The minimum atomic E-state index is -0.726. The molecule has 0 spiro atoms. The number of halogens is 1. The number of nitrogens with one attached hydrogen (secondary N) is 1. The minimum absolute atomic E-state index is 0.0156. The Labute approximate surface area is 217 Å². The Hall–Kier alpha value is -2.86. The average molecular weight is 512 g/mol. The van der Waals surface area contributed by atoms with Crippen molar-refractivity contribution in [1.29, 1.82) is 0 Å². The first-order valence-electron chi connectivity index (χ1n) is 12.9. The second-order valence-corrected chi connectivity index (χ2v) is 10.5. The second-order valence-electron chi connectivity index (χ2n) is 10.0. The molecule has 0 heterocycles. The Morgan fingerprint density at radius 1 is 0.944 bits per heavy atom. The van der Waals surface area contributed by atoms with Gasteiger partial charge in [0.2, 0.25) is 5.91 Å². The summed E-state index contributed by atoms with van der Waals surface area (Å²) >= 11 is 6.04. The molecule has 0 unspecified atom stereocenters. The lowest BCUT2D eigenvalue weighted by molar-refractivity contribution is -0.143. The monoisotopic (exact) mass is 511 g/mol. The smallest absolute Gasteiger partial charge is 0.306 e. The molecule has 2 aromatic rings. The number of amides is 1. The molecule has 2 N–H and O–H groups in total. The maximum atomic E-state index is 13.1. The SMILES string of the molecule is O=C(CCCNC(=O)C1(c2ccc(Cl)cc2)CCCC1)c1ccc(OC2CCC(C(=O)O)CC2)cc1. The molecule has 0 bridgehead atoms. The van der Waals surface area contributed by atoms with E-state index in [2.05, 4.69) is 5.32 Å². The molecule has 2 aliphatic rings. The van der Waals surface area contributed by atoms with Crippen LogP contribution < -0.4 is 10.1 Å². The summed E-state index contributed by atoms with van der Waals surface area (Å²) in [6.45, 7) is 0.458. The molecule has 2 saturated carbocycles. The summed E-state index contributed by atoms with van der Waals surface area (Å²) in [7, 11) is 0. The quantitative estimate of drug-likeness (QED) is 0.303. The number of carbonyl (C=O) groups is 3. The van der Waals surface area contributed by atoms with Crippen molar-refractivity contribution in [2.24, 2.45) is 5.92 Å². The summed E-state index contributed by atoms with van der Waals surface area (Å²) in [4.78, 5) is 36.9. The maximum Gasteiger partial charge on any atom is 0.306 e. The van der Waals surface area contributed by atoms with Crippen molar-refractivity contribution >= 4 is 29.3 Å². The van der Waals surface area contributed by atoms with Crippen LogP contribution in [0.1, 0.15) is 80.1 Å². The molecule has 0 radical (unpaired) electrons. The Bertz CT molecular complexity index is 1050. The molecule has 0 aliphatic heterocycles. The van der Waals surface area contributed by atoms with Crippen LogP contribution in [0.2, 0.25) is 5.02 Å². The molecule has 6 nitrogen and oxygen atoms in total. The lowest BCUT2D eigenvalue weighted by atomic mass is 9.78. The van der Waals surface area contributed by atoms with Gasteiger partial charge in [0.25, 0.3) is 0 Å². The summed E-state index contributed by atoms with van der Waals surface area (Å²) < 4.78 is 5.99. The molecule has 4 rings (SSSR count). The molecular weight excluding hydrogens is 478 g/mol. The number of aliphatic carboxylic acids is 1. The lowest BCUT2D eigenvalue weighted by Gasteiger charge is -2.28. The van der Waals surface area contributed by atoms with E-state index in [1.54, 1.807) is 24.3 Å². The van der Waals surface area contributed by atoms with Crippen molar-refractivity contribution in [2.45, 2.75) is 75.7 Å². The molecule has 2 aromatic carbocycles. The van der Waals surface area contributed by atoms with E-state index < -0.39 is 11.4 Å². The van der Waals surface area contributed by atoms with Gasteiger partial charge in [-0.25, -0.2) is 0 Å². The van der Waals surface area contributed by atoms with Crippen LogP contribution in [0.25, 0.3) is 0 Å². The summed E-state index contributed by atoms with van der Waals surface area (Å²) in [5, 5.41) is 12.8. The normalized spacial score (nSPS) is 21.0. The Kier molecular flexibility index (Phi) is 8.68. The highest BCUT2D eigenvalue weighted by Crippen LogP contribution is 2.41. The fraction of sp³-hybridized carbons (Fsp3) is 0.483. The Morgan fingerprint density at radius 3 is 2.19 bits per heavy atom. The van der Waals surface area contributed by atoms with Crippen molar-refractivity contribution in [3.05, 3.63) is 64.7 Å². The van der Waals surface area contributed by atoms with Crippen LogP contribution in [-0.4, -0.2) is 35.4 Å². The van der Waals surface area contributed by atoms with Crippen LogP contribution in [0.3, 0.4) is 0 Å². The Balaban J connectivity index is 1.22. The van der Waals surface area contributed by atoms with Crippen LogP contribution >= 0.6 is 11.6 Å². The summed E-state index contributed by atoms with van der Waals surface area (Å²) in [6.07, 6.45) is 7.37. The van der Waals surface area contributed by atoms with Crippen molar-refractivity contribution < 1.29 is 24.2 Å². The molecular formula is C29H34ClNO5. The van der Waals surface area contributed by atoms with Crippen molar-refractivity contribution in [3.8, 4) is 5.75 Å². The van der Waals surface area contributed by atoms with Gasteiger partial charge in [-0.05, 0) is 86.9 Å². The van der Waals surface area contributed by atoms with Crippen LogP contribution in [0, 0.1) is 5.92 Å². The number of ether oxygens (including phenoxy) is 1. The van der Waals surface area contributed by atoms with Crippen molar-refractivity contribution in [3.63, 3.8) is 0 Å². The first-order valence-corrected chi connectivity index (χ1v) is 13.3. The van der Waals surface area contributed by atoms with E-state index in [-0.39, 0.29) is 23.7 Å². The van der Waals surface area contributed by atoms with Gasteiger partial charge in [-0.2, -0.15) is 0 Å². The molecule has 192 valence electrons. The number of carboxylic acids is 1. The minimum Gasteiger partial charge on any atom is -0.490 e. The number of carbonyl (C=O) groups excluding carboxylic acids is 2. The molecule has 1 amide bonds. The van der Waals surface area contributed by atoms with Gasteiger partial charge in [0.1, 0.15) is 5.75 Å². The summed E-state index contributed by atoms with van der Waals surface area (Å²) in [5.74, 6) is -0.229. The van der Waals surface area contributed by atoms with E-state index in [1.807, 2.05) is 24.3 Å². The van der Waals surface area contributed by atoms with Gasteiger partial charge < -0.3 is 15.2 Å². The first-order chi connectivity index (χ1) is 17.4. The van der Waals surface area contributed by atoms with E-state index in [4.69, 9.17) is 21.4 Å². The van der Waals surface area contributed by atoms with Crippen molar-refractivity contribution in [2.75, 3.05) is 6.54 Å². The van der Waals surface area contributed by atoms with Crippen molar-refractivity contribution in [1.82, 2.24) is 5.32 Å². The number of Topliss-reactive ketones (excluding diaryl/α,β-unsaturated/α-hetero) is 1. The number of ketones is 1. The van der Waals surface area contributed by atoms with Crippen LogP contribution in [0.5, 0.6) is 5.75 Å². The van der Waals surface area contributed by atoms with Gasteiger partial charge in [-0.15, -0.1) is 0 Å². The van der Waals surface area contributed by atoms with Crippen LogP contribution in [0.15, 0.2) is 48.5 Å². The van der Waals surface area contributed by atoms with E-state index >= 15 is 0 Å². The average Bonchev–Trinajstić information content (AvgIpc) is 3.39. The third kappa shape index (κ3) is 6.28. The van der Waals surface area contributed by atoms with E-state index in [0.717, 1.165) is 44.1 Å². The van der Waals surface area contributed by atoms with E-state index in [9.17, 15) is 14.4 Å². The van der Waals surface area contributed by atoms with E-state index in [1.165, 1.54) is 0 Å². The van der Waals surface area contributed by atoms with Gasteiger partial charge in [-0.1, -0.05) is 36.6 Å². The van der Waals surface area contributed by atoms with Gasteiger partial charge in [0, 0.05) is 23.6 Å². The zero-order chi connectivity index (χ0) is 25.5.